The van der Waals surface area contributed by atoms with Crippen LogP contribution in [0.3, 0.4) is 0 Å². The number of carboxylic acids is 1. The summed E-state index contributed by atoms with van der Waals surface area (Å²) in [5.74, 6) is -1.43. The summed E-state index contributed by atoms with van der Waals surface area (Å²) in [6, 6.07) is 6.43. The minimum Gasteiger partial charge on any atom is -0.475 e. The molecule has 2 aromatic heterocycles. The molecule has 2 N–H and O–H groups in total. The van der Waals surface area contributed by atoms with Gasteiger partial charge in [0.2, 0.25) is 11.7 Å². The Balaban J connectivity index is 1.71. The monoisotopic (exact) mass is 358 g/mol. The van der Waals surface area contributed by atoms with E-state index in [0.717, 1.165) is 10.7 Å². The van der Waals surface area contributed by atoms with Gasteiger partial charge in [-0.2, -0.15) is 0 Å². The van der Waals surface area contributed by atoms with Gasteiger partial charge in [-0.05, 0) is 24.3 Å². The summed E-state index contributed by atoms with van der Waals surface area (Å²) in [6.45, 7) is 6.25. The van der Waals surface area contributed by atoms with Gasteiger partial charge in [-0.3, -0.25) is 4.79 Å². The van der Waals surface area contributed by atoms with Crippen LogP contribution in [0.15, 0.2) is 34.1 Å². The number of nitrogens with zero attached hydrogens (tertiary/aromatic N) is 1. The lowest BCUT2D eigenvalue weighted by Crippen LogP contribution is -2.15. The Morgan fingerprint density at radius 3 is 2.68 bits per heavy atom. The number of nitrogens with one attached hydrogen (secondary N) is 1. The van der Waals surface area contributed by atoms with Crippen LogP contribution >= 0.6 is 11.3 Å². The molecule has 0 saturated heterocycles. The third-order valence-corrected chi connectivity index (χ3v) is 4.86. The Kier molecular flexibility index (Phi) is 4.34. The normalized spacial score (nSPS) is 11.6. The molecule has 0 unspecified atom stereocenters. The van der Waals surface area contributed by atoms with Gasteiger partial charge in [0.15, 0.2) is 0 Å². The number of rotatable bonds is 4. The van der Waals surface area contributed by atoms with E-state index in [2.05, 4.69) is 31.1 Å². The van der Waals surface area contributed by atoms with Gasteiger partial charge in [-0.1, -0.05) is 20.8 Å². The zero-order chi connectivity index (χ0) is 18.2. The third-order valence-electron chi connectivity index (χ3n) is 3.55. The number of thiazole rings is 1. The molecule has 1 aromatic carbocycles. The first kappa shape index (κ1) is 17.2. The summed E-state index contributed by atoms with van der Waals surface area (Å²) in [7, 11) is 0. The van der Waals surface area contributed by atoms with Crippen molar-refractivity contribution in [2.75, 3.05) is 5.32 Å². The summed E-state index contributed by atoms with van der Waals surface area (Å²) < 4.78 is 5.20. The van der Waals surface area contributed by atoms with Crippen LogP contribution in [0.4, 0.5) is 5.69 Å². The Morgan fingerprint density at radius 1 is 1.28 bits per heavy atom. The number of benzene rings is 1. The van der Waals surface area contributed by atoms with E-state index in [1.807, 2.05) is 5.38 Å². The van der Waals surface area contributed by atoms with Gasteiger partial charge in [0.05, 0.1) is 17.1 Å². The van der Waals surface area contributed by atoms with E-state index < -0.39 is 5.97 Å². The fourth-order valence-electron chi connectivity index (χ4n) is 2.33. The summed E-state index contributed by atoms with van der Waals surface area (Å²) in [5, 5.41) is 15.3. The lowest BCUT2D eigenvalue weighted by atomic mass is 9.98. The highest BCUT2D eigenvalue weighted by Crippen LogP contribution is 2.26. The SMILES string of the molecule is CC(C)(C)c1nc(CC(=O)Nc2ccc3oc(C(=O)O)cc3c2)cs1. The lowest BCUT2D eigenvalue weighted by Gasteiger charge is -2.13. The van der Waals surface area contributed by atoms with Gasteiger partial charge in [-0.15, -0.1) is 11.3 Å². The predicted molar refractivity (Wildman–Crippen MR) is 96.3 cm³/mol. The standard InChI is InChI=1S/C18H18N2O4S/c1-18(2,3)17-20-12(9-25-17)8-15(21)19-11-4-5-13-10(6-11)7-14(24-13)16(22)23/h4-7,9H,8H2,1-3H3,(H,19,21)(H,22,23). The molecule has 130 valence electrons. The first-order chi connectivity index (χ1) is 11.7. The predicted octanol–water partition coefficient (Wildman–Crippen LogP) is 4.07. The quantitative estimate of drug-likeness (QED) is 0.733. The van der Waals surface area contributed by atoms with Crippen molar-refractivity contribution >= 4 is 39.9 Å². The number of aromatic nitrogens is 1. The van der Waals surface area contributed by atoms with Crippen molar-refractivity contribution < 1.29 is 19.1 Å². The maximum absolute atomic E-state index is 12.2. The largest absolute Gasteiger partial charge is 0.475 e. The Morgan fingerprint density at radius 2 is 2.04 bits per heavy atom. The molecule has 0 bridgehead atoms. The summed E-state index contributed by atoms with van der Waals surface area (Å²) in [5.41, 5.74) is 1.75. The fourth-order valence-corrected chi connectivity index (χ4v) is 3.24. The highest BCUT2D eigenvalue weighted by Gasteiger charge is 2.19. The van der Waals surface area contributed by atoms with Crippen LogP contribution in [0.25, 0.3) is 11.0 Å². The van der Waals surface area contributed by atoms with Gasteiger partial charge in [0.1, 0.15) is 5.58 Å². The second-order valence-electron chi connectivity index (χ2n) is 6.79. The molecule has 6 nitrogen and oxygen atoms in total. The van der Waals surface area contributed by atoms with E-state index in [1.54, 1.807) is 29.5 Å². The van der Waals surface area contributed by atoms with E-state index in [1.165, 1.54) is 6.07 Å². The molecule has 25 heavy (non-hydrogen) atoms. The van der Waals surface area contributed by atoms with Crippen LogP contribution in [-0.2, 0) is 16.6 Å². The van der Waals surface area contributed by atoms with Crippen molar-refractivity contribution in [2.24, 2.45) is 0 Å². The van der Waals surface area contributed by atoms with E-state index in [0.29, 0.717) is 16.7 Å². The van der Waals surface area contributed by atoms with Gasteiger partial charge in [0, 0.05) is 21.9 Å². The van der Waals surface area contributed by atoms with Crippen molar-refractivity contribution in [3.63, 3.8) is 0 Å². The molecule has 0 aliphatic heterocycles. The zero-order valence-corrected chi connectivity index (χ0v) is 14.9. The Labute approximate surface area is 148 Å². The van der Waals surface area contributed by atoms with Gasteiger partial charge in [0.25, 0.3) is 0 Å². The van der Waals surface area contributed by atoms with Crippen LogP contribution < -0.4 is 5.32 Å². The van der Waals surface area contributed by atoms with Crippen LogP contribution in [0.5, 0.6) is 0 Å². The maximum Gasteiger partial charge on any atom is 0.371 e. The fraction of sp³-hybridized carbons (Fsp3) is 0.278. The maximum atomic E-state index is 12.2. The minimum atomic E-state index is -1.13. The van der Waals surface area contributed by atoms with Crippen LogP contribution in [-0.4, -0.2) is 22.0 Å². The number of amides is 1. The number of carboxylic acid groups (broad SMARTS) is 1. The average molecular weight is 358 g/mol. The number of anilines is 1. The zero-order valence-electron chi connectivity index (χ0n) is 14.1. The highest BCUT2D eigenvalue weighted by molar-refractivity contribution is 7.09. The van der Waals surface area contributed by atoms with E-state index in [9.17, 15) is 9.59 Å². The number of furan rings is 1. The third kappa shape index (κ3) is 3.88. The second-order valence-corrected chi connectivity index (χ2v) is 7.65. The Bertz CT molecular complexity index is 950. The summed E-state index contributed by atoms with van der Waals surface area (Å²) in [6.07, 6.45) is 0.191. The molecule has 3 aromatic rings. The van der Waals surface area contributed by atoms with Gasteiger partial charge < -0.3 is 14.8 Å². The minimum absolute atomic E-state index is 0.0342. The average Bonchev–Trinajstić information content (AvgIpc) is 3.12. The molecule has 0 fully saturated rings. The molecule has 0 aliphatic carbocycles. The van der Waals surface area contributed by atoms with E-state index in [-0.39, 0.29) is 23.5 Å². The molecular formula is C18H18N2O4S. The van der Waals surface area contributed by atoms with Crippen molar-refractivity contribution in [3.05, 3.63) is 46.1 Å². The van der Waals surface area contributed by atoms with Crippen LogP contribution in [0, 0.1) is 0 Å². The van der Waals surface area contributed by atoms with Crippen molar-refractivity contribution in [2.45, 2.75) is 32.6 Å². The number of hydrogen-bond donors (Lipinski definition) is 2. The molecule has 7 heteroatoms. The number of carbonyl (C=O) groups excluding carboxylic acids is 1. The number of hydrogen-bond acceptors (Lipinski definition) is 5. The molecule has 0 spiro atoms. The topological polar surface area (TPSA) is 92.4 Å². The van der Waals surface area contributed by atoms with Crippen molar-refractivity contribution in [1.29, 1.82) is 0 Å². The molecule has 0 saturated carbocycles. The van der Waals surface area contributed by atoms with Crippen molar-refractivity contribution in [1.82, 2.24) is 4.98 Å². The molecule has 0 aliphatic rings. The first-order valence-electron chi connectivity index (χ1n) is 7.74. The Hall–Kier alpha value is -2.67. The molecule has 2 heterocycles. The number of carbonyl (C=O) groups is 2. The van der Waals surface area contributed by atoms with Crippen LogP contribution in [0.2, 0.25) is 0 Å². The van der Waals surface area contributed by atoms with E-state index >= 15 is 0 Å². The highest BCUT2D eigenvalue weighted by atomic mass is 32.1. The lowest BCUT2D eigenvalue weighted by molar-refractivity contribution is -0.115. The molecule has 0 atom stereocenters. The summed E-state index contributed by atoms with van der Waals surface area (Å²) in [4.78, 5) is 27.7. The summed E-state index contributed by atoms with van der Waals surface area (Å²) >= 11 is 1.55. The first-order valence-corrected chi connectivity index (χ1v) is 8.62. The molecule has 3 rings (SSSR count). The van der Waals surface area contributed by atoms with Gasteiger partial charge in [-0.25, -0.2) is 9.78 Å². The molecular weight excluding hydrogens is 340 g/mol. The van der Waals surface area contributed by atoms with Gasteiger partial charge >= 0.3 is 5.97 Å². The smallest absolute Gasteiger partial charge is 0.371 e. The second kappa shape index (κ2) is 6.33. The van der Waals surface area contributed by atoms with E-state index in [4.69, 9.17) is 9.52 Å². The number of aromatic carboxylic acids is 1. The number of fused-ring (bicyclic) bond motifs is 1. The van der Waals surface area contributed by atoms with Crippen molar-refractivity contribution in [3.8, 4) is 0 Å². The van der Waals surface area contributed by atoms with Crippen LogP contribution in [0.1, 0.15) is 42.0 Å². The molecule has 1 amide bonds. The molecule has 0 radical (unpaired) electrons.